The fourth-order valence-corrected chi connectivity index (χ4v) is 2.68. The molecule has 2 rings (SSSR count). The summed E-state index contributed by atoms with van der Waals surface area (Å²) < 4.78 is 34.2. The smallest absolute Gasteiger partial charge is 0.387 e. The number of carboxylic acids is 1. The van der Waals surface area contributed by atoms with Gasteiger partial charge in [-0.05, 0) is 31.0 Å². The summed E-state index contributed by atoms with van der Waals surface area (Å²) in [4.78, 5) is 24.8. The lowest BCUT2D eigenvalue weighted by Crippen LogP contribution is -2.36. The highest BCUT2D eigenvalue weighted by Gasteiger charge is 2.31. The van der Waals surface area contributed by atoms with Crippen LogP contribution in [0.3, 0.4) is 0 Å². The molecule has 0 saturated carbocycles. The topological polar surface area (TPSA) is 76.1 Å². The van der Waals surface area contributed by atoms with Crippen molar-refractivity contribution in [2.75, 3.05) is 13.7 Å². The van der Waals surface area contributed by atoms with E-state index >= 15 is 0 Å². The lowest BCUT2D eigenvalue weighted by molar-refractivity contribution is -0.137. The first-order valence-electron chi connectivity index (χ1n) is 7.08. The van der Waals surface area contributed by atoms with E-state index < -0.39 is 18.5 Å². The van der Waals surface area contributed by atoms with Crippen molar-refractivity contribution in [2.24, 2.45) is 0 Å². The van der Waals surface area contributed by atoms with Crippen molar-refractivity contribution in [1.82, 2.24) is 4.90 Å². The molecule has 1 fully saturated rings. The predicted molar refractivity (Wildman–Crippen MR) is 75.9 cm³/mol. The molecule has 1 amide bonds. The zero-order valence-corrected chi connectivity index (χ0v) is 12.5. The normalized spacial score (nSPS) is 17.4. The van der Waals surface area contributed by atoms with Gasteiger partial charge in [-0.2, -0.15) is 8.78 Å². The summed E-state index contributed by atoms with van der Waals surface area (Å²) in [6.07, 6.45) is 1.18. The van der Waals surface area contributed by atoms with Gasteiger partial charge in [-0.1, -0.05) is 0 Å². The van der Waals surface area contributed by atoms with E-state index in [1.807, 2.05) is 0 Å². The number of aliphatic carboxylic acids is 1. The fraction of sp³-hybridized carbons (Fsp3) is 0.467. The summed E-state index contributed by atoms with van der Waals surface area (Å²) >= 11 is 0. The van der Waals surface area contributed by atoms with Crippen molar-refractivity contribution < 1.29 is 33.0 Å². The molecule has 126 valence electrons. The van der Waals surface area contributed by atoms with Gasteiger partial charge < -0.3 is 19.5 Å². The molecule has 1 saturated heterocycles. The van der Waals surface area contributed by atoms with E-state index in [1.54, 1.807) is 0 Å². The summed E-state index contributed by atoms with van der Waals surface area (Å²) in [5, 5.41) is 8.90. The molecule has 23 heavy (non-hydrogen) atoms. The molecule has 6 nitrogen and oxygen atoms in total. The molecule has 0 bridgehead atoms. The van der Waals surface area contributed by atoms with E-state index in [0.29, 0.717) is 19.4 Å². The molecule has 1 unspecified atom stereocenters. The van der Waals surface area contributed by atoms with Crippen molar-refractivity contribution in [3.63, 3.8) is 0 Å². The number of amides is 1. The van der Waals surface area contributed by atoms with Gasteiger partial charge in [0.25, 0.3) is 5.91 Å². The highest BCUT2D eigenvalue weighted by Crippen LogP contribution is 2.31. The standard InChI is InChI=1S/C15H17F2NO5/c1-22-11-5-4-9(7-12(11)23-15(16)17)14(21)18-6-2-3-10(18)8-13(19)20/h4-5,7,10,15H,2-3,6,8H2,1H3,(H,19,20). The van der Waals surface area contributed by atoms with Gasteiger partial charge in [0.1, 0.15) is 0 Å². The molecule has 1 aliphatic rings. The number of hydrogen-bond donors (Lipinski definition) is 1. The number of alkyl halides is 2. The second-order valence-corrected chi connectivity index (χ2v) is 5.14. The second kappa shape index (κ2) is 7.26. The molecule has 0 aromatic heterocycles. The van der Waals surface area contributed by atoms with Crippen molar-refractivity contribution >= 4 is 11.9 Å². The first kappa shape index (κ1) is 17.0. The van der Waals surface area contributed by atoms with Gasteiger partial charge in [0.15, 0.2) is 11.5 Å². The number of benzene rings is 1. The van der Waals surface area contributed by atoms with E-state index in [2.05, 4.69) is 4.74 Å². The quantitative estimate of drug-likeness (QED) is 0.867. The molecule has 8 heteroatoms. The third-order valence-electron chi connectivity index (χ3n) is 3.67. The Balaban J connectivity index is 2.23. The van der Waals surface area contributed by atoms with Crippen molar-refractivity contribution in [2.45, 2.75) is 31.9 Å². The minimum atomic E-state index is -3.04. The summed E-state index contributed by atoms with van der Waals surface area (Å²) in [7, 11) is 1.30. The highest BCUT2D eigenvalue weighted by atomic mass is 19.3. The number of carbonyl (C=O) groups excluding carboxylic acids is 1. The average Bonchev–Trinajstić information content (AvgIpc) is 2.93. The van der Waals surface area contributed by atoms with Crippen LogP contribution in [0.2, 0.25) is 0 Å². The van der Waals surface area contributed by atoms with E-state index in [9.17, 15) is 18.4 Å². The number of carbonyl (C=O) groups is 2. The molecule has 0 radical (unpaired) electrons. The Hall–Kier alpha value is -2.38. The number of ether oxygens (including phenoxy) is 2. The third kappa shape index (κ3) is 4.08. The van der Waals surface area contributed by atoms with Gasteiger partial charge >= 0.3 is 12.6 Å². The van der Waals surface area contributed by atoms with Crippen LogP contribution in [0.5, 0.6) is 11.5 Å². The maximum Gasteiger partial charge on any atom is 0.387 e. The largest absolute Gasteiger partial charge is 0.493 e. The van der Waals surface area contributed by atoms with Crippen LogP contribution in [0.15, 0.2) is 18.2 Å². The minimum Gasteiger partial charge on any atom is -0.493 e. The second-order valence-electron chi connectivity index (χ2n) is 5.14. The zero-order chi connectivity index (χ0) is 17.0. The Labute approximate surface area is 131 Å². The van der Waals surface area contributed by atoms with E-state index in [1.165, 1.54) is 30.2 Å². The van der Waals surface area contributed by atoms with E-state index in [4.69, 9.17) is 9.84 Å². The molecular weight excluding hydrogens is 312 g/mol. The number of rotatable bonds is 6. The Morgan fingerprint density at radius 3 is 2.74 bits per heavy atom. The lowest BCUT2D eigenvalue weighted by Gasteiger charge is -2.24. The number of nitrogens with zero attached hydrogens (tertiary/aromatic N) is 1. The van der Waals surface area contributed by atoms with Crippen molar-refractivity contribution in [3.05, 3.63) is 23.8 Å². The van der Waals surface area contributed by atoms with Gasteiger partial charge in [-0.15, -0.1) is 0 Å². The molecule has 0 aliphatic carbocycles. The van der Waals surface area contributed by atoms with Gasteiger partial charge in [-0.25, -0.2) is 0 Å². The SMILES string of the molecule is COc1ccc(C(=O)N2CCCC2CC(=O)O)cc1OC(F)F. The van der Waals surface area contributed by atoms with Gasteiger partial charge in [-0.3, -0.25) is 9.59 Å². The minimum absolute atomic E-state index is 0.0883. The molecule has 1 aromatic carbocycles. The predicted octanol–water partition coefficient (Wildman–Crippen LogP) is 2.38. The molecule has 0 spiro atoms. The summed E-state index contributed by atoms with van der Waals surface area (Å²) in [6, 6.07) is 3.60. The number of likely N-dealkylation sites (tertiary alicyclic amines) is 1. The highest BCUT2D eigenvalue weighted by molar-refractivity contribution is 5.95. The maximum absolute atomic E-state index is 12.5. The van der Waals surface area contributed by atoms with Crippen LogP contribution in [0.4, 0.5) is 8.78 Å². The van der Waals surface area contributed by atoms with Gasteiger partial charge in [0, 0.05) is 18.2 Å². The maximum atomic E-state index is 12.5. The average molecular weight is 329 g/mol. The molecule has 1 heterocycles. The molecule has 1 N–H and O–H groups in total. The Morgan fingerprint density at radius 1 is 1.39 bits per heavy atom. The van der Waals surface area contributed by atoms with Gasteiger partial charge in [0.05, 0.1) is 13.5 Å². The van der Waals surface area contributed by atoms with Gasteiger partial charge in [0.2, 0.25) is 0 Å². The summed E-state index contributed by atoms with van der Waals surface area (Å²) in [5.41, 5.74) is 0.152. The molecular formula is C15H17F2NO5. The Kier molecular flexibility index (Phi) is 5.36. The first-order valence-corrected chi connectivity index (χ1v) is 7.08. The van der Waals surface area contributed by atoms with Crippen molar-refractivity contribution in [3.8, 4) is 11.5 Å². The van der Waals surface area contributed by atoms with Crippen molar-refractivity contribution in [1.29, 1.82) is 0 Å². The van der Waals surface area contributed by atoms with Crippen LogP contribution >= 0.6 is 0 Å². The monoisotopic (exact) mass is 329 g/mol. The molecule has 1 atom stereocenters. The fourth-order valence-electron chi connectivity index (χ4n) is 2.68. The number of halogens is 2. The Morgan fingerprint density at radius 2 is 2.13 bits per heavy atom. The first-order chi connectivity index (χ1) is 10.9. The Bertz CT molecular complexity index is 593. The summed E-state index contributed by atoms with van der Waals surface area (Å²) in [5.74, 6) is -1.53. The third-order valence-corrected chi connectivity index (χ3v) is 3.67. The van der Waals surface area contributed by atoms with Crippen LogP contribution in [-0.2, 0) is 4.79 Å². The lowest BCUT2D eigenvalue weighted by atomic mass is 10.1. The van der Waals surface area contributed by atoms with Crippen LogP contribution in [0.25, 0.3) is 0 Å². The van der Waals surface area contributed by atoms with E-state index in [-0.39, 0.29) is 29.5 Å². The van der Waals surface area contributed by atoms with Crippen LogP contribution in [0, 0.1) is 0 Å². The van der Waals surface area contributed by atoms with E-state index in [0.717, 1.165) is 0 Å². The van der Waals surface area contributed by atoms with Crippen LogP contribution < -0.4 is 9.47 Å². The number of hydrogen-bond acceptors (Lipinski definition) is 4. The number of methoxy groups -OCH3 is 1. The van der Waals surface area contributed by atoms with Crippen LogP contribution in [-0.4, -0.2) is 48.2 Å². The summed E-state index contributed by atoms with van der Waals surface area (Å²) in [6.45, 7) is -2.60. The molecule has 1 aliphatic heterocycles. The molecule has 1 aromatic rings. The zero-order valence-electron chi connectivity index (χ0n) is 12.5. The van der Waals surface area contributed by atoms with Crippen LogP contribution in [0.1, 0.15) is 29.6 Å². The number of carboxylic acid groups (broad SMARTS) is 1.